The van der Waals surface area contributed by atoms with Gasteiger partial charge in [-0.05, 0) is 24.6 Å². The molecule has 0 radical (unpaired) electrons. The Morgan fingerprint density at radius 3 is 2.50 bits per heavy atom. The molecular weight excluding hydrogens is 314 g/mol. The second-order valence-electron chi connectivity index (χ2n) is 4.85. The second kappa shape index (κ2) is 7.40. The van der Waals surface area contributed by atoms with E-state index in [1.165, 1.54) is 14.2 Å². The topological polar surface area (TPSA) is 104 Å². The number of benzene rings is 1. The third-order valence-electron chi connectivity index (χ3n) is 3.15. The van der Waals surface area contributed by atoms with Gasteiger partial charge in [-0.15, -0.1) is 10.2 Å². The molecule has 2 rings (SSSR count). The Morgan fingerprint density at radius 2 is 1.92 bits per heavy atom. The number of nitrogens with zero attached hydrogens (tertiary/aromatic N) is 2. The van der Waals surface area contributed by atoms with Crippen LogP contribution in [0.5, 0.6) is 0 Å². The van der Waals surface area contributed by atoms with Crippen LogP contribution < -0.4 is 5.32 Å². The van der Waals surface area contributed by atoms with Crippen LogP contribution in [0.3, 0.4) is 0 Å². The summed E-state index contributed by atoms with van der Waals surface area (Å²) in [7, 11) is 2.44. The number of hydrogen-bond donors (Lipinski definition) is 1. The number of nitrogens with one attached hydrogen (secondary N) is 1. The predicted molar refractivity (Wildman–Crippen MR) is 84.9 cm³/mol. The van der Waals surface area contributed by atoms with E-state index in [0.717, 1.165) is 11.6 Å². The Bertz CT molecular complexity index is 795. The van der Waals surface area contributed by atoms with Crippen molar-refractivity contribution < 1.29 is 23.5 Å². The SMILES string of the molecule is COC(=O)/C=C(/Nc1cc(-c2nnc(C)o2)ccc1C)C(=O)OC. The van der Waals surface area contributed by atoms with Crippen LogP contribution in [0.15, 0.2) is 34.4 Å². The van der Waals surface area contributed by atoms with Gasteiger partial charge in [0.05, 0.1) is 20.3 Å². The average molecular weight is 331 g/mol. The van der Waals surface area contributed by atoms with Gasteiger partial charge in [-0.2, -0.15) is 0 Å². The molecule has 0 aliphatic rings. The molecule has 1 N–H and O–H groups in total. The molecule has 1 heterocycles. The van der Waals surface area contributed by atoms with Gasteiger partial charge in [0.25, 0.3) is 0 Å². The van der Waals surface area contributed by atoms with Gasteiger partial charge >= 0.3 is 11.9 Å². The van der Waals surface area contributed by atoms with Gasteiger partial charge in [0.15, 0.2) is 0 Å². The van der Waals surface area contributed by atoms with Crippen LogP contribution >= 0.6 is 0 Å². The minimum Gasteiger partial charge on any atom is -0.466 e. The van der Waals surface area contributed by atoms with E-state index in [2.05, 4.69) is 25.0 Å². The molecule has 126 valence electrons. The van der Waals surface area contributed by atoms with Gasteiger partial charge in [0.2, 0.25) is 11.8 Å². The highest BCUT2D eigenvalue weighted by Gasteiger charge is 2.15. The van der Waals surface area contributed by atoms with Gasteiger partial charge in [-0.3, -0.25) is 0 Å². The first-order valence-corrected chi connectivity index (χ1v) is 7.00. The average Bonchev–Trinajstić information content (AvgIpc) is 3.01. The maximum Gasteiger partial charge on any atom is 0.354 e. The fourth-order valence-corrected chi connectivity index (χ4v) is 1.88. The summed E-state index contributed by atoms with van der Waals surface area (Å²) in [5.74, 6) is -0.573. The van der Waals surface area contributed by atoms with Crippen LogP contribution in [0.2, 0.25) is 0 Å². The number of rotatable bonds is 5. The minimum atomic E-state index is -0.696. The molecule has 0 saturated heterocycles. The summed E-state index contributed by atoms with van der Waals surface area (Å²) >= 11 is 0. The van der Waals surface area contributed by atoms with Gasteiger partial charge in [-0.25, -0.2) is 9.59 Å². The fraction of sp³-hybridized carbons (Fsp3) is 0.250. The Hall–Kier alpha value is -3.16. The molecule has 1 aromatic carbocycles. The Labute approximate surface area is 138 Å². The summed E-state index contributed by atoms with van der Waals surface area (Å²) in [5.41, 5.74) is 2.05. The Kier molecular flexibility index (Phi) is 5.31. The highest BCUT2D eigenvalue weighted by atomic mass is 16.5. The number of ether oxygens (including phenoxy) is 2. The molecule has 0 fully saturated rings. The van der Waals surface area contributed by atoms with Crippen molar-refractivity contribution in [1.82, 2.24) is 10.2 Å². The maximum absolute atomic E-state index is 11.8. The quantitative estimate of drug-likeness (QED) is 0.655. The van der Waals surface area contributed by atoms with Crippen LogP contribution in [0.25, 0.3) is 11.5 Å². The van der Waals surface area contributed by atoms with Crippen LogP contribution in [-0.4, -0.2) is 36.4 Å². The van der Waals surface area contributed by atoms with Gasteiger partial charge in [-0.1, -0.05) is 6.07 Å². The van der Waals surface area contributed by atoms with E-state index >= 15 is 0 Å². The zero-order valence-corrected chi connectivity index (χ0v) is 13.7. The number of aryl methyl sites for hydroxylation is 2. The molecular formula is C16H17N3O5. The van der Waals surface area contributed by atoms with E-state index in [1.807, 2.05) is 19.1 Å². The first-order chi connectivity index (χ1) is 11.4. The van der Waals surface area contributed by atoms with Gasteiger partial charge < -0.3 is 19.2 Å². The van der Waals surface area contributed by atoms with E-state index in [1.54, 1.807) is 13.0 Å². The summed E-state index contributed by atoms with van der Waals surface area (Å²) in [5, 5.41) is 10.6. The van der Waals surface area contributed by atoms with Crippen molar-refractivity contribution in [3.8, 4) is 11.5 Å². The third kappa shape index (κ3) is 3.97. The van der Waals surface area contributed by atoms with Crippen molar-refractivity contribution in [2.24, 2.45) is 0 Å². The summed E-state index contributed by atoms with van der Waals surface area (Å²) < 4.78 is 14.6. The number of anilines is 1. The molecule has 24 heavy (non-hydrogen) atoms. The number of methoxy groups -OCH3 is 2. The molecule has 0 aliphatic carbocycles. The fourth-order valence-electron chi connectivity index (χ4n) is 1.88. The van der Waals surface area contributed by atoms with Crippen LogP contribution in [-0.2, 0) is 19.1 Å². The van der Waals surface area contributed by atoms with E-state index in [9.17, 15) is 9.59 Å². The third-order valence-corrected chi connectivity index (χ3v) is 3.15. The smallest absolute Gasteiger partial charge is 0.354 e. The monoisotopic (exact) mass is 331 g/mol. The molecule has 0 amide bonds. The number of esters is 2. The van der Waals surface area contributed by atoms with Gasteiger partial charge in [0, 0.05) is 18.2 Å². The second-order valence-corrected chi connectivity index (χ2v) is 4.85. The minimum absolute atomic E-state index is 0.0497. The maximum atomic E-state index is 11.8. The van der Waals surface area contributed by atoms with Crippen molar-refractivity contribution in [3.05, 3.63) is 41.4 Å². The Morgan fingerprint density at radius 1 is 1.17 bits per heavy atom. The molecule has 8 heteroatoms. The van der Waals surface area contributed by atoms with Gasteiger partial charge in [0.1, 0.15) is 5.70 Å². The van der Waals surface area contributed by atoms with Crippen molar-refractivity contribution in [2.45, 2.75) is 13.8 Å². The highest BCUT2D eigenvalue weighted by Crippen LogP contribution is 2.25. The van der Waals surface area contributed by atoms with Crippen molar-refractivity contribution in [3.63, 3.8) is 0 Å². The molecule has 0 bridgehead atoms. The standard InChI is InChI=1S/C16H17N3O5/c1-9-5-6-11(15-19-18-10(2)24-15)7-12(9)17-13(16(21)23-4)8-14(20)22-3/h5-8,17H,1-4H3/b13-8+. The molecule has 0 unspecified atom stereocenters. The molecule has 0 saturated carbocycles. The van der Waals surface area contributed by atoms with Crippen LogP contribution in [0.1, 0.15) is 11.5 Å². The van der Waals surface area contributed by atoms with Crippen LogP contribution in [0, 0.1) is 13.8 Å². The van der Waals surface area contributed by atoms with E-state index in [0.29, 0.717) is 23.0 Å². The van der Waals surface area contributed by atoms with Crippen molar-refractivity contribution in [1.29, 1.82) is 0 Å². The predicted octanol–water partition coefficient (Wildman–Crippen LogP) is 2.00. The van der Waals surface area contributed by atoms with Crippen molar-refractivity contribution >= 4 is 17.6 Å². The largest absolute Gasteiger partial charge is 0.466 e. The Balaban J connectivity index is 2.37. The first kappa shape index (κ1) is 17.2. The van der Waals surface area contributed by atoms with E-state index in [-0.39, 0.29) is 5.70 Å². The number of carbonyl (C=O) groups excluding carboxylic acids is 2. The molecule has 0 aliphatic heterocycles. The zero-order chi connectivity index (χ0) is 17.7. The van der Waals surface area contributed by atoms with Crippen molar-refractivity contribution in [2.75, 3.05) is 19.5 Å². The lowest BCUT2D eigenvalue weighted by Gasteiger charge is -2.12. The van der Waals surface area contributed by atoms with Crippen LogP contribution in [0.4, 0.5) is 5.69 Å². The zero-order valence-electron chi connectivity index (χ0n) is 13.7. The molecule has 0 spiro atoms. The number of carbonyl (C=O) groups is 2. The van der Waals surface area contributed by atoms with E-state index in [4.69, 9.17) is 4.42 Å². The first-order valence-electron chi connectivity index (χ1n) is 7.00. The lowest BCUT2D eigenvalue weighted by molar-refractivity contribution is -0.138. The van der Waals surface area contributed by atoms with E-state index < -0.39 is 11.9 Å². The normalized spacial score (nSPS) is 11.1. The number of aromatic nitrogens is 2. The molecule has 2 aromatic rings. The lowest BCUT2D eigenvalue weighted by Crippen LogP contribution is -2.16. The summed E-state index contributed by atoms with van der Waals surface area (Å²) in [4.78, 5) is 23.3. The summed E-state index contributed by atoms with van der Waals surface area (Å²) in [6.45, 7) is 3.54. The number of hydrogen-bond acceptors (Lipinski definition) is 8. The molecule has 8 nitrogen and oxygen atoms in total. The highest BCUT2D eigenvalue weighted by molar-refractivity contribution is 5.99. The molecule has 1 aromatic heterocycles. The lowest BCUT2D eigenvalue weighted by atomic mass is 10.1. The molecule has 0 atom stereocenters. The summed E-state index contributed by atoms with van der Waals surface area (Å²) in [6, 6.07) is 5.37. The summed E-state index contributed by atoms with van der Waals surface area (Å²) in [6.07, 6.45) is 1.02.